The maximum atomic E-state index is 8.83. The van der Waals surface area contributed by atoms with Crippen LogP contribution in [-0.2, 0) is 0 Å². The average molecular weight is 304 g/mol. The van der Waals surface area contributed by atoms with Gasteiger partial charge in [-0.05, 0) is 24.6 Å². The van der Waals surface area contributed by atoms with Gasteiger partial charge in [-0.15, -0.1) is 0 Å². The third kappa shape index (κ3) is 2.81. The van der Waals surface area contributed by atoms with Gasteiger partial charge in [0, 0.05) is 18.2 Å². The highest BCUT2D eigenvalue weighted by molar-refractivity contribution is 6.30. The Morgan fingerprint density at radius 3 is 3.00 bits per heavy atom. The third-order valence-electron chi connectivity index (χ3n) is 3.05. The Morgan fingerprint density at radius 2 is 2.19 bits per heavy atom. The van der Waals surface area contributed by atoms with Gasteiger partial charge in [-0.1, -0.05) is 17.7 Å². The lowest BCUT2D eigenvalue weighted by atomic mass is 10.3. The van der Waals surface area contributed by atoms with E-state index in [4.69, 9.17) is 16.7 Å². The quantitative estimate of drug-likeness (QED) is 0.707. The monoisotopic (exact) mass is 303 g/mol. The molecule has 0 radical (unpaired) electrons. The minimum absolute atomic E-state index is 0.142. The van der Waals surface area contributed by atoms with E-state index in [1.165, 1.54) is 6.33 Å². The minimum atomic E-state index is 0.142. The predicted octanol–water partition coefficient (Wildman–Crippen LogP) is 2.26. The van der Waals surface area contributed by atoms with Gasteiger partial charge in [-0.25, -0.2) is 14.6 Å². The Kier molecular flexibility index (Phi) is 3.98. The topological polar surface area (TPSA) is 75.9 Å². The molecular weight excluding hydrogens is 290 g/mol. The summed E-state index contributed by atoms with van der Waals surface area (Å²) in [7, 11) is 0. The van der Waals surface area contributed by atoms with Crippen molar-refractivity contribution >= 4 is 28.5 Å². The number of benzene rings is 1. The van der Waals surface area contributed by atoms with Crippen LogP contribution in [0.2, 0.25) is 5.02 Å². The summed E-state index contributed by atoms with van der Waals surface area (Å²) in [6.07, 6.45) is 3.87. The summed E-state index contributed by atoms with van der Waals surface area (Å²) in [4.78, 5) is 8.51. The van der Waals surface area contributed by atoms with Gasteiger partial charge in [0.15, 0.2) is 5.65 Å². The van der Waals surface area contributed by atoms with E-state index < -0.39 is 0 Å². The molecule has 6 nitrogen and oxygen atoms in total. The SMILES string of the molecule is OCCCNc1ncnc2c1cnn2-c1cccc(Cl)c1. The molecule has 3 aromatic rings. The van der Waals surface area contributed by atoms with Gasteiger partial charge in [0.25, 0.3) is 0 Å². The van der Waals surface area contributed by atoms with E-state index in [0.29, 0.717) is 29.5 Å². The van der Waals surface area contributed by atoms with Crippen molar-refractivity contribution in [1.29, 1.82) is 0 Å². The molecule has 0 atom stereocenters. The lowest BCUT2D eigenvalue weighted by Gasteiger charge is -2.06. The Labute approximate surface area is 126 Å². The molecule has 0 aliphatic rings. The number of aromatic nitrogens is 4. The van der Waals surface area contributed by atoms with Crippen LogP contribution in [0.1, 0.15) is 6.42 Å². The molecule has 2 heterocycles. The van der Waals surface area contributed by atoms with Crippen molar-refractivity contribution in [3.05, 3.63) is 41.8 Å². The van der Waals surface area contributed by atoms with Crippen molar-refractivity contribution in [1.82, 2.24) is 19.7 Å². The zero-order valence-electron chi connectivity index (χ0n) is 11.2. The van der Waals surface area contributed by atoms with E-state index in [1.807, 2.05) is 24.3 Å². The van der Waals surface area contributed by atoms with Gasteiger partial charge in [0.05, 0.1) is 17.3 Å². The van der Waals surface area contributed by atoms with E-state index in [2.05, 4.69) is 20.4 Å². The van der Waals surface area contributed by atoms with Crippen molar-refractivity contribution in [2.24, 2.45) is 0 Å². The van der Waals surface area contributed by atoms with Crippen LogP contribution in [-0.4, -0.2) is 38.0 Å². The number of nitrogens with zero attached hydrogens (tertiary/aromatic N) is 4. The molecule has 0 amide bonds. The Bertz CT molecular complexity index is 758. The second kappa shape index (κ2) is 6.07. The van der Waals surface area contributed by atoms with Gasteiger partial charge < -0.3 is 10.4 Å². The first-order valence-electron chi connectivity index (χ1n) is 6.59. The molecule has 0 unspecified atom stereocenters. The fraction of sp³-hybridized carbons (Fsp3) is 0.214. The molecule has 0 fully saturated rings. The number of nitrogens with one attached hydrogen (secondary N) is 1. The number of aliphatic hydroxyl groups is 1. The highest BCUT2D eigenvalue weighted by Crippen LogP contribution is 2.22. The number of hydrogen-bond donors (Lipinski definition) is 2. The van der Waals surface area contributed by atoms with E-state index >= 15 is 0 Å². The fourth-order valence-corrected chi connectivity index (χ4v) is 2.25. The van der Waals surface area contributed by atoms with Crippen LogP contribution in [0.5, 0.6) is 0 Å². The van der Waals surface area contributed by atoms with E-state index in [-0.39, 0.29) is 6.61 Å². The molecule has 0 aliphatic heterocycles. The van der Waals surface area contributed by atoms with Crippen LogP contribution in [0.15, 0.2) is 36.8 Å². The zero-order valence-corrected chi connectivity index (χ0v) is 12.0. The first kappa shape index (κ1) is 13.8. The molecule has 2 N–H and O–H groups in total. The van der Waals surface area contributed by atoms with Crippen molar-refractivity contribution in [3.63, 3.8) is 0 Å². The summed E-state index contributed by atoms with van der Waals surface area (Å²) in [5, 5.41) is 17.8. The van der Waals surface area contributed by atoms with Crippen molar-refractivity contribution in [3.8, 4) is 5.69 Å². The molecule has 3 rings (SSSR count). The second-order valence-electron chi connectivity index (χ2n) is 4.50. The van der Waals surface area contributed by atoms with Gasteiger partial charge in [0.1, 0.15) is 12.1 Å². The molecule has 0 aliphatic carbocycles. The molecule has 108 valence electrons. The van der Waals surface area contributed by atoms with Crippen LogP contribution in [0.25, 0.3) is 16.7 Å². The molecule has 0 bridgehead atoms. The van der Waals surface area contributed by atoms with Gasteiger partial charge in [-0.2, -0.15) is 5.10 Å². The molecule has 7 heteroatoms. The Morgan fingerprint density at radius 1 is 1.29 bits per heavy atom. The van der Waals surface area contributed by atoms with Gasteiger partial charge >= 0.3 is 0 Å². The first-order valence-corrected chi connectivity index (χ1v) is 6.97. The molecule has 1 aromatic carbocycles. The lowest BCUT2D eigenvalue weighted by molar-refractivity contribution is 0.292. The van der Waals surface area contributed by atoms with Crippen molar-refractivity contribution < 1.29 is 5.11 Å². The number of fused-ring (bicyclic) bond motifs is 1. The Hall–Kier alpha value is -2.18. The van der Waals surface area contributed by atoms with Gasteiger partial charge in [0.2, 0.25) is 0 Å². The number of aliphatic hydroxyl groups excluding tert-OH is 1. The second-order valence-corrected chi connectivity index (χ2v) is 4.94. The smallest absolute Gasteiger partial charge is 0.168 e. The van der Waals surface area contributed by atoms with Gasteiger partial charge in [-0.3, -0.25) is 0 Å². The fourth-order valence-electron chi connectivity index (χ4n) is 2.07. The van der Waals surface area contributed by atoms with Crippen LogP contribution in [0.3, 0.4) is 0 Å². The minimum Gasteiger partial charge on any atom is -0.396 e. The molecule has 21 heavy (non-hydrogen) atoms. The summed E-state index contributed by atoms with van der Waals surface area (Å²) < 4.78 is 1.72. The standard InChI is InChI=1S/C14H14ClN5O/c15-10-3-1-4-11(7-10)20-14-12(8-19-20)13(17-9-18-14)16-5-2-6-21/h1,3-4,7-9,21H,2,5-6H2,(H,16,17,18). The Balaban J connectivity index is 2.01. The maximum Gasteiger partial charge on any atom is 0.168 e. The summed E-state index contributed by atoms with van der Waals surface area (Å²) in [6.45, 7) is 0.786. The van der Waals surface area contributed by atoms with Crippen molar-refractivity contribution in [2.75, 3.05) is 18.5 Å². The summed E-state index contributed by atoms with van der Waals surface area (Å²) in [5.41, 5.74) is 1.55. The average Bonchev–Trinajstić information content (AvgIpc) is 2.92. The lowest BCUT2D eigenvalue weighted by Crippen LogP contribution is -2.06. The normalized spacial score (nSPS) is 11.0. The maximum absolute atomic E-state index is 8.83. The number of halogens is 1. The zero-order chi connectivity index (χ0) is 14.7. The van der Waals surface area contributed by atoms with Crippen molar-refractivity contribution in [2.45, 2.75) is 6.42 Å². The van der Waals surface area contributed by atoms with E-state index in [0.717, 1.165) is 11.1 Å². The van der Waals surface area contributed by atoms with Crippen LogP contribution in [0, 0.1) is 0 Å². The number of anilines is 1. The van der Waals surface area contributed by atoms with E-state index in [9.17, 15) is 0 Å². The largest absolute Gasteiger partial charge is 0.396 e. The summed E-state index contributed by atoms with van der Waals surface area (Å²) >= 11 is 6.02. The highest BCUT2D eigenvalue weighted by Gasteiger charge is 2.10. The van der Waals surface area contributed by atoms with Crippen LogP contribution in [0.4, 0.5) is 5.82 Å². The number of rotatable bonds is 5. The van der Waals surface area contributed by atoms with Crippen LogP contribution < -0.4 is 5.32 Å². The van der Waals surface area contributed by atoms with E-state index in [1.54, 1.807) is 10.9 Å². The molecule has 0 spiro atoms. The molecule has 0 saturated carbocycles. The highest BCUT2D eigenvalue weighted by atomic mass is 35.5. The molecule has 2 aromatic heterocycles. The first-order chi connectivity index (χ1) is 10.3. The number of hydrogen-bond acceptors (Lipinski definition) is 5. The molecular formula is C14H14ClN5O. The van der Waals surface area contributed by atoms with Crippen LogP contribution >= 0.6 is 11.6 Å². The third-order valence-corrected chi connectivity index (χ3v) is 3.28. The summed E-state index contributed by atoms with van der Waals surface area (Å²) in [6, 6.07) is 7.43. The molecule has 0 saturated heterocycles. The summed E-state index contributed by atoms with van der Waals surface area (Å²) in [5.74, 6) is 0.710. The predicted molar refractivity (Wildman–Crippen MR) is 81.9 cm³/mol.